The number of piperidine rings is 1. The van der Waals surface area contributed by atoms with Crippen molar-refractivity contribution in [1.82, 2.24) is 9.88 Å². The minimum Gasteiger partial charge on any atom is -0.504 e. The van der Waals surface area contributed by atoms with Gasteiger partial charge in [0.05, 0.1) is 19.2 Å². The number of ether oxygens (including phenoxy) is 2. The number of pyridine rings is 1. The molecular weight excluding hydrogens is 372 g/mol. The smallest absolute Gasteiger partial charge is 0.254 e. The highest BCUT2D eigenvalue weighted by molar-refractivity contribution is 5.95. The number of aromatic nitrogens is 1. The number of aliphatic hydroxyl groups is 1. The number of aromatic hydroxyl groups is 1. The lowest BCUT2D eigenvalue weighted by molar-refractivity contribution is -0.0198. The van der Waals surface area contributed by atoms with Crippen LogP contribution in [0.2, 0.25) is 0 Å². The molecule has 0 unspecified atom stereocenters. The summed E-state index contributed by atoms with van der Waals surface area (Å²) in [7, 11) is 1.45. The van der Waals surface area contributed by atoms with Crippen molar-refractivity contribution in [3.05, 3.63) is 60.3 Å². The molecule has 1 aliphatic heterocycles. The fourth-order valence-corrected chi connectivity index (χ4v) is 3.54. The number of carbonyl (C=O) groups excluding carboxylic acids is 1. The SMILES string of the molecule is COc1ccc(C(=O)N2CC[C@@H](Oc3ccc4ncccc4c3)[C@H](O)C2)cc1O. The van der Waals surface area contributed by atoms with E-state index in [0.717, 1.165) is 10.9 Å². The molecule has 0 radical (unpaired) electrons. The molecule has 7 heteroatoms. The average Bonchev–Trinajstić information content (AvgIpc) is 2.74. The maximum atomic E-state index is 12.7. The van der Waals surface area contributed by atoms with Crippen LogP contribution >= 0.6 is 0 Å². The Hall–Kier alpha value is -3.32. The summed E-state index contributed by atoms with van der Waals surface area (Å²) in [6, 6.07) is 13.9. The number of fused-ring (bicyclic) bond motifs is 1. The van der Waals surface area contributed by atoms with Crippen molar-refractivity contribution in [1.29, 1.82) is 0 Å². The van der Waals surface area contributed by atoms with Gasteiger partial charge in [0.25, 0.3) is 5.91 Å². The van der Waals surface area contributed by atoms with E-state index in [4.69, 9.17) is 9.47 Å². The van der Waals surface area contributed by atoms with E-state index in [9.17, 15) is 15.0 Å². The second-order valence-corrected chi connectivity index (χ2v) is 7.01. The molecule has 0 bridgehead atoms. The van der Waals surface area contributed by atoms with Crippen LogP contribution in [0.15, 0.2) is 54.7 Å². The molecule has 1 amide bonds. The van der Waals surface area contributed by atoms with E-state index >= 15 is 0 Å². The lowest BCUT2D eigenvalue weighted by Crippen LogP contribution is -2.51. The second kappa shape index (κ2) is 7.97. The molecule has 3 aromatic rings. The lowest BCUT2D eigenvalue weighted by Gasteiger charge is -2.36. The maximum absolute atomic E-state index is 12.7. The van der Waals surface area contributed by atoms with Gasteiger partial charge in [-0.05, 0) is 42.5 Å². The van der Waals surface area contributed by atoms with Crippen molar-refractivity contribution < 1.29 is 24.5 Å². The number of phenols is 1. The first-order valence-electron chi connectivity index (χ1n) is 9.41. The van der Waals surface area contributed by atoms with Crippen LogP contribution in [0.25, 0.3) is 10.9 Å². The number of carbonyl (C=O) groups is 1. The molecule has 1 aromatic heterocycles. The number of phenolic OH excluding ortho intramolecular Hbond substituents is 1. The number of methoxy groups -OCH3 is 1. The molecule has 2 heterocycles. The van der Waals surface area contributed by atoms with Crippen LogP contribution in [0.1, 0.15) is 16.8 Å². The van der Waals surface area contributed by atoms with E-state index < -0.39 is 12.2 Å². The first-order chi connectivity index (χ1) is 14.0. The summed E-state index contributed by atoms with van der Waals surface area (Å²) in [4.78, 5) is 18.6. The molecule has 0 saturated carbocycles. The minimum absolute atomic E-state index is 0.0945. The monoisotopic (exact) mass is 394 g/mol. The maximum Gasteiger partial charge on any atom is 0.254 e. The molecule has 2 aromatic carbocycles. The van der Waals surface area contributed by atoms with E-state index in [1.807, 2.05) is 30.3 Å². The van der Waals surface area contributed by atoms with Crippen molar-refractivity contribution in [2.75, 3.05) is 20.2 Å². The quantitative estimate of drug-likeness (QED) is 0.707. The summed E-state index contributed by atoms with van der Waals surface area (Å²) in [6.07, 6.45) is 1.02. The molecule has 2 N–H and O–H groups in total. The molecule has 1 aliphatic rings. The van der Waals surface area contributed by atoms with Gasteiger partial charge in [-0.2, -0.15) is 0 Å². The fraction of sp³-hybridized carbons (Fsp3) is 0.273. The number of amides is 1. The van der Waals surface area contributed by atoms with Gasteiger partial charge >= 0.3 is 0 Å². The van der Waals surface area contributed by atoms with Crippen LogP contribution in [0.5, 0.6) is 17.2 Å². The summed E-state index contributed by atoms with van der Waals surface area (Å²) in [6.45, 7) is 0.605. The van der Waals surface area contributed by atoms with Gasteiger partial charge in [-0.3, -0.25) is 9.78 Å². The Morgan fingerprint density at radius 2 is 2.07 bits per heavy atom. The molecule has 150 valence electrons. The lowest BCUT2D eigenvalue weighted by atomic mass is 10.0. The largest absolute Gasteiger partial charge is 0.504 e. The summed E-state index contributed by atoms with van der Waals surface area (Å²) >= 11 is 0. The number of benzene rings is 2. The highest BCUT2D eigenvalue weighted by Gasteiger charge is 2.32. The number of hydrogen-bond donors (Lipinski definition) is 2. The Labute approximate surface area is 168 Å². The van der Waals surface area contributed by atoms with E-state index in [1.54, 1.807) is 23.2 Å². The Morgan fingerprint density at radius 3 is 2.83 bits per heavy atom. The molecular formula is C22H22N2O5. The second-order valence-electron chi connectivity index (χ2n) is 7.01. The zero-order valence-corrected chi connectivity index (χ0v) is 16.0. The third-order valence-electron chi connectivity index (χ3n) is 5.10. The third kappa shape index (κ3) is 3.95. The topological polar surface area (TPSA) is 92.1 Å². The predicted octanol–water partition coefficient (Wildman–Crippen LogP) is 2.60. The summed E-state index contributed by atoms with van der Waals surface area (Å²) in [5.74, 6) is 0.619. The molecule has 1 saturated heterocycles. The van der Waals surface area contributed by atoms with Gasteiger partial charge in [0.2, 0.25) is 0 Å². The molecule has 4 rings (SSSR count). The van der Waals surface area contributed by atoms with Crippen LogP contribution in [0, 0.1) is 0 Å². The fourth-order valence-electron chi connectivity index (χ4n) is 3.54. The Bertz CT molecular complexity index is 1040. The van der Waals surface area contributed by atoms with Crippen LogP contribution in [-0.2, 0) is 0 Å². The normalized spacial score (nSPS) is 19.2. The predicted molar refractivity (Wildman–Crippen MR) is 107 cm³/mol. The molecule has 0 aliphatic carbocycles. The Morgan fingerprint density at radius 1 is 1.21 bits per heavy atom. The Balaban J connectivity index is 1.42. The van der Waals surface area contributed by atoms with Gasteiger partial charge in [-0.25, -0.2) is 0 Å². The van der Waals surface area contributed by atoms with Crippen molar-refractivity contribution >= 4 is 16.8 Å². The molecule has 7 nitrogen and oxygen atoms in total. The molecule has 0 spiro atoms. The van der Waals surface area contributed by atoms with Crippen molar-refractivity contribution in [3.8, 4) is 17.2 Å². The van der Waals surface area contributed by atoms with Gasteiger partial charge in [0.15, 0.2) is 11.5 Å². The van der Waals surface area contributed by atoms with Gasteiger partial charge in [-0.1, -0.05) is 6.07 Å². The van der Waals surface area contributed by atoms with Crippen molar-refractivity contribution in [2.24, 2.45) is 0 Å². The van der Waals surface area contributed by atoms with Gasteiger partial charge < -0.3 is 24.6 Å². The standard InChI is InChI=1S/C22H22N2O5/c1-28-20-7-4-15(12-18(20)25)22(27)24-10-8-21(19(26)13-24)29-16-5-6-17-14(11-16)3-2-9-23-17/h2-7,9,11-12,19,21,25-26H,8,10,13H2,1H3/t19-,21-/m1/s1. The Kier molecular flexibility index (Phi) is 5.22. The zero-order valence-electron chi connectivity index (χ0n) is 16.0. The summed E-state index contributed by atoms with van der Waals surface area (Å²) < 4.78 is 11.0. The first kappa shape index (κ1) is 19.0. The van der Waals surface area contributed by atoms with E-state index in [2.05, 4.69) is 4.98 Å². The van der Waals surface area contributed by atoms with E-state index in [0.29, 0.717) is 30.0 Å². The first-order valence-corrected chi connectivity index (χ1v) is 9.41. The summed E-state index contributed by atoms with van der Waals surface area (Å²) in [5.41, 5.74) is 1.22. The number of β-amino-alcohol motifs (C(OH)–C–C–N with tert-alkyl or cyclic N) is 1. The van der Waals surface area contributed by atoms with Gasteiger partial charge in [0.1, 0.15) is 18.0 Å². The third-order valence-corrected chi connectivity index (χ3v) is 5.10. The van der Waals surface area contributed by atoms with Crippen LogP contribution < -0.4 is 9.47 Å². The van der Waals surface area contributed by atoms with Gasteiger partial charge in [-0.15, -0.1) is 0 Å². The number of rotatable bonds is 4. The van der Waals surface area contributed by atoms with E-state index in [1.165, 1.54) is 13.2 Å². The molecule has 1 fully saturated rings. The summed E-state index contributed by atoms with van der Waals surface area (Å²) in [5, 5.41) is 21.4. The average molecular weight is 394 g/mol. The molecule has 2 atom stereocenters. The highest BCUT2D eigenvalue weighted by Crippen LogP contribution is 2.28. The van der Waals surface area contributed by atoms with Crippen LogP contribution in [-0.4, -0.2) is 58.4 Å². The molecule has 29 heavy (non-hydrogen) atoms. The number of aliphatic hydroxyl groups excluding tert-OH is 1. The van der Waals surface area contributed by atoms with Gasteiger partial charge in [0, 0.05) is 30.1 Å². The minimum atomic E-state index is -0.816. The van der Waals surface area contributed by atoms with Crippen molar-refractivity contribution in [2.45, 2.75) is 18.6 Å². The number of nitrogens with zero attached hydrogens (tertiary/aromatic N) is 2. The zero-order chi connectivity index (χ0) is 20.4. The highest BCUT2D eigenvalue weighted by atomic mass is 16.5. The van der Waals surface area contributed by atoms with Crippen molar-refractivity contribution in [3.63, 3.8) is 0 Å². The number of likely N-dealkylation sites (tertiary alicyclic amines) is 1. The number of hydrogen-bond acceptors (Lipinski definition) is 6. The van der Waals surface area contributed by atoms with Crippen LogP contribution in [0.4, 0.5) is 0 Å². The van der Waals surface area contributed by atoms with E-state index in [-0.39, 0.29) is 18.2 Å². The van der Waals surface area contributed by atoms with Crippen LogP contribution in [0.3, 0.4) is 0 Å².